The van der Waals surface area contributed by atoms with Gasteiger partial charge in [0.15, 0.2) is 5.82 Å². The number of fused-ring (bicyclic) bond motifs is 4. The Hall–Kier alpha value is -1.88. The lowest BCUT2D eigenvalue weighted by Gasteiger charge is -2.55. The van der Waals surface area contributed by atoms with Gasteiger partial charge in [-0.2, -0.15) is 10.1 Å². The van der Waals surface area contributed by atoms with E-state index in [2.05, 4.69) is 18.5 Å². The van der Waals surface area contributed by atoms with Crippen molar-refractivity contribution in [2.75, 3.05) is 4.90 Å². The van der Waals surface area contributed by atoms with Crippen LogP contribution in [-0.2, 0) is 5.54 Å². The molecule has 1 aromatic heterocycles. The lowest BCUT2D eigenvalue weighted by Crippen LogP contribution is -2.61. The van der Waals surface area contributed by atoms with Gasteiger partial charge in [0.05, 0.1) is 16.1 Å². The van der Waals surface area contributed by atoms with Crippen LogP contribution in [0.2, 0.25) is 5.02 Å². The van der Waals surface area contributed by atoms with Crippen molar-refractivity contribution < 1.29 is 4.79 Å². The van der Waals surface area contributed by atoms with Gasteiger partial charge in [0.2, 0.25) is 5.95 Å². The van der Waals surface area contributed by atoms with Gasteiger partial charge in [-0.05, 0) is 37.8 Å². The van der Waals surface area contributed by atoms with Crippen LogP contribution in [0.25, 0.3) is 0 Å². The molecule has 0 radical (unpaired) electrons. The highest BCUT2D eigenvalue weighted by Gasteiger charge is 2.55. The quantitative estimate of drug-likeness (QED) is 0.597. The Balaban J connectivity index is 1.69. The number of aromatic nitrogens is 3. The maximum atomic E-state index is 13.8. The smallest absolute Gasteiger partial charge is 0.262 e. The number of carbonyl (C=O) groups is 1. The third-order valence-corrected chi connectivity index (χ3v) is 7.88. The van der Waals surface area contributed by atoms with E-state index in [9.17, 15) is 4.79 Å². The summed E-state index contributed by atoms with van der Waals surface area (Å²) in [5.41, 5.74) is 0.569. The summed E-state index contributed by atoms with van der Waals surface area (Å²) in [7, 11) is 0. The molecule has 160 valence electrons. The minimum atomic E-state index is -0.0351. The van der Waals surface area contributed by atoms with Gasteiger partial charge in [0, 0.05) is 17.9 Å². The van der Waals surface area contributed by atoms with Crippen LogP contribution in [0.15, 0.2) is 24.3 Å². The van der Waals surface area contributed by atoms with E-state index >= 15 is 0 Å². The zero-order valence-electron chi connectivity index (χ0n) is 18.0. The molecule has 2 atom stereocenters. The summed E-state index contributed by atoms with van der Waals surface area (Å²) in [4.78, 5) is 20.8. The molecule has 2 fully saturated rings. The minimum Gasteiger partial charge on any atom is -0.273 e. The van der Waals surface area contributed by atoms with E-state index in [-0.39, 0.29) is 23.4 Å². The number of rotatable bonds is 2. The Morgan fingerprint density at radius 3 is 2.57 bits per heavy atom. The second kappa shape index (κ2) is 7.67. The maximum absolute atomic E-state index is 13.8. The van der Waals surface area contributed by atoms with Crippen molar-refractivity contribution >= 4 is 23.5 Å². The molecule has 1 aliphatic heterocycles. The van der Waals surface area contributed by atoms with Gasteiger partial charge in [-0.1, -0.05) is 69.7 Å². The molecular formula is C24H31ClN4O. The van der Waals surface area contributed by atoms with Gasteiger partial charge < -0.3 is 0 Å². The number of benzene rings is 1. The number of nitrogens with zero attached hydrogens (tertiary/aromatic N) is 4. The molecule has 2 heterocycles. The molecule has 2 aromatic rings. The van der Waals surface area contributed by atoms with E-state index < -0.39 is 0 Å². The van der Waals surface area contributed by atoms with Crippen LogP contribution in [0.1, 0.15) is 93.7 Å². The van der Waals surface area contributed by atoms with E-state index in [4.69, 9.17) is 21.7 Å². The first-order chi connectivity index (χ1) is 14.5. The molecule has 1 aromatic carbocycles. The minimum absolute atomic E-state index is 0.00999. The standard InChI is InChI=1S/C24H31ClN4O/c1-16(2)21-26-23-28(22(30)17-10-4-6-12-19(17)25)20-13-7-5-11-18(20)24(29(23)27-21)14-8-3-9-15-24/h4,6,10,12,16,18,20H,3,5,7-9,11,13-15H2,1-2H3. The molecule has 6 heteroatoms. The van der Waals surface area contributed by atoms with E-state index in [1.54, 1.807) is 6.07 Å². The monoisotopic (exact) mass is 426 g/mol. The molecule has 2 unspecified atom stereocenters. The van der Waals surface area contributed by atoms with Crippen molar-refractivity contribution in [3.63, 3.8) is 0 Å². The zero-order valence-corrected chi connectivity index (χ0v) is 18.7. The summed E-state index contributed by atoms with van der Waals surface area (Å²) in [6, 6.07) is 7.56. The molecule has 0 bridgehead atoms. The van der Waals surface area contributed by atoms with Crippen LogP contribution < -0.4 is 4.90 Å². The average Bonchev–Trinajstić information content (AvgIpc) is 3.21. The fourth-order valence-corrected chi connectivity index (χ4v) is 6.34. The third kappa shape index (κ3) is 3.00. The summed E-state index contributed by atoms with van der Waals surface area (Å²) < 4.78 is 2.18. The maximum Gasteiger partial charge on any atom is 0.262 e. The Labute approximate surface area is 183 Å². The molecule has 0 saturated heterocycles. The van der Waals surface area contributed by atoms with E-state index in [0.717, 1.165) is 43.9 Å². The third-order valence-electron chi connectivity index (χ3n) is 7.55. The number of amides is 1. The Kier molecular flexibility index (Phi) is 5.12. The van der Waals surface area contributed by atoms with Crippen molar-refractivity contribution in [2.24, 2.45) is 5.92 Å². The first-order valence-electron chi connectivity index (χ1n) is 11.6. The Bertz CT molecular complexity index is 946. The summed E-state index contributed by atoms with van der Waals surface area (Å²) >= 11 is 6.45. The number of anilines is 1. The summed E-state index contributed by atoms with van der Waals surface area (Å²) in [5, 5.41) is 5.55. The Morgan fingerprint density at radius 2 is 1.83 bits per heavy atom. The van der Waals surface area contributed by atoms with Crippen molar-refractivity contribution in [2.45, 2.75) is 89.1 Å². The molecule has 3 aliphatic rings. The predicted molar refractivity (Wildman–Crippen MR) is 119 cm³/mol. The van der Waals surface area contributed by atoms with Crippen molar-refractivity contribution in [1.29, 1.82) is 0 Å². The fraction of sp³-hybridized carbons (Fsp3) is 0.625. The lowest BCUT2D eigenvalue weighted by atomic mass is 9.64. The van der Waals surface area contributed by atoms with Crippen molar-refractivity contribution in [3.05, 3.63) is 40.7 Å². The van der Waals surface area contributed by atoms with E-state index in [1.807, 2.05) is 23.1 Å². The predicted octanol–water partition coefficient (Wildman–Crippen LogP) is 5.93. The lowest BCUT2D eigenvalue weighted by molar-refractivity contribution is 0.0310. The fourth-order valence-electron chi connectivity index (χ4n) is 6.12. The number of hydrogen-bond acceptors (Lipinski definition) is 3. The summed E-state index contributed by atoms with van der Waals surface area (Å²) in [5.74, 6) is 2.21. The molecule has 5 rings (SSSR count). The van der Waals surface area contributed by atoms with Gasteiger partial charge in [-0.3, -0.25) is 9.69 Å². The van der Waals surface area contributed by atoms with Crippen LogP contribution in [0.3, 0.4) is 0 Å². The molecule has 0 N–H and O–H groups in total. The zero-order chi connectivity index (χ0) is 20.9. The highest BCUT2D eigenvalue weighted by atomic mass is 35.5. The normalized spacial score (nSPS) is 25.3. The number of hydrogen-bond donors (Lipinski definition) is 0. The van der Waals surface area contributed by atoms with Crippen LogP contribution >= 0.6 is 11.6 Å². The Morgan fingerprint density at radius 1 is 1.10 bits per heavy atom. The molecule has 2 aliphatic carbocycles. The van der Waals surface area contributed by atoms with E-state index in [0.29, 0.717) is 16.5 Å². The van der Waals surface area contributed by atoms with Crippen LogP contribution in [0, 0.1) is 5.92 Å². The molecule has 1 amide bonds. The van der Waals surface area contributed by atoms with Gasteiger partial charge >= 0.3 is 0 Å². The molecule has 2 saturated carbocycles. The molecular weight excluding hydrogens is 396 g/mol. The molecule has 1 spiro atoms. The SMILES string of the molecule is CC(C)c1nc2n(n1)C1(CCCCC1)C1CCCCC1N2C(=O)c1ccccc1Cl. The van der Waals surface area contributed by atoms with Crippen LogP contribution in [-0.4, -0.2) is 26.7 Å². The van der Waals surface area contributed by atoms with E-state index in [1.165, 1.54) is 25.7 Å². The largest absolute Gasteiger partial charge is 0.273 e. The van der Waals surface area contributed by atoms with Crippen molar-refractivity contribution in [1.82, 2.24) is 14.8 Å². The topological polar surface area (TPSA) is 51.0 Å². The highest BCUT2D eigenvalue weighted by Crippen LogP contribution is 2.53. The molecule has 30 heavy (non-hydrogen) atoms. The van der Waals surface area contributed by atoms with Gasteiger partial charge in [0.25, 0.3) is 5.91 Å². The second-order valence-electron chi connectivity index (χ2n) is 9.61. The highest BCUT2D eigenvalue weighted by molar-refractivity contribution is 6.34. The summed E-state index contributed by atoms with van der Waals surface area (Å²) in [6.07, 6.45) is 10.7. The first kappa shape index (κ1) is 20.0. The average molecular weight is 427 g/mol. The van der Waals surface area contributed by atoms with Crippen LogP contribution in [0.4, 0.5) is 5.95 Å². The van der Waals surface area contributed by atoms with Crippen LogP contribution in [0.5, 0.6) is 0 Å². The van der Waals surface area contributed by atoms with Gasteiger partial charge in [-0.15, -0.1) is 0 Å². The van der Waals surface area contributed by atoms with Crippen molar-refractivity contribution in [3.8, 4) is 0 Å². The van der Waals surface area contributed by atoms with Gasteiger partial charge in [0.1, 0.15) is 0 Å². The summed E-state index contributed by atoms with van der Waals surface area (Å²) in [6.45, 7) is 4.25. The number of halogens is 1. The molecule has 5 nitrogen and oxygen atoms in total. The number of carbonyl (C=O) groups excluding carboxylic acids is 1. The first-order valence-corrected chi connectivity index (χ1v) is 12.0. The van der Waals surface area contributed by atoms with Gasteiger partial charge in [-0.25, -0.2) is 4.68 Å². The second-order valence-corrected chi connectivity index (χ2v) is 10.0.